The van der Waals surface area contributed by atoms with Crippen LogP contribution in [-0.4, -0.2) is 12.6 Å². The summed E-state index contributed by atoms with van der Waals surface area (Å²) in [5, 5.41) is 3.46. The Balaban J connectivity index is 1.77. The zero-order valence-electron chi connectivity index (χ0n) is 14.1. The van der Waals surface area contributed by atoms with Gasteiger partial charge in [0.1, 0.15) is 0 Å². The highest BCUT2D eigenvalue weighted by Crippen LogP contribution is 2.40. The van der Waals surface area contributed by atoms with Crippen LogP contribution < -0.4 is 5.32 Å². The number of thiophene rings is 1. The Kier molecular flexibility index (Phi) is 6.27. The van der Waals surface area contributed by atoms with Crippen LogP contribution in [-0.2, 0) is 17.9 Å². The van der Waals surface area contributed by atoms with Gasteiger partial charge in [-0.3, -0.25) is 0 Å². The second-order valence-corrected chi connectivity index (χ2v) is 8.64. The fraction of sp³-hybridized carbons (Fsp3) is 0.778. The van der Waals surface area contributed by atoms with Gasteiger partial charge in [-0.05, 0) is 55.7 Å². The summed E-state index contributed by atoms with van der Waals surface area (Å²) in [7, 11) is 0. The van der Waals surface area contributed by atoms with E-state index < -0.39 is 0 Å². The molecule has 0 saturated heterocycles. The van der Waals surface area contributed by atoms with E-state index in [9.17, 15) is 0 Å². The molecule has 1 N–H and O–H groups in total. The highest BCUT2D eigenvalue weighted by molar-refractivity contribution is 7.11. The van der Waals surface area contributed by atoms with Crippen LogP contribution in [0.5, 0.6) is 0 Å². The van der Waals surface area contributed by atoms with Gasteiger partial charge in [0.25, 0.3) is 0 Å². The van der Waals surface area contributed by atoms with Crippen molar-refractivity contribution in [2.45, 2.75) is 72.6 Å². The van der Waals surface area contributed by atoms with Gasteiger partial charge in [-0.2, -0.15) is 0 Å². The third-order valence-electron chi connectivity index (χ3n) is 4.25. The Hall–Kier alpha value is -0.380. The first-order chi connectivity index (χ1) is 9.98. The zero-order valence-corrected chi connectivity index (χ0v) is 14.9. The first kappa shape index (κ1) is 17.0. The zero-order chi connectivity index (χ0) is 15.3. The molecule has 2 unspecified atom stereocenters. The van der Waals surface area contributed by atoms with Crippen molar-refractivity contribution in [3.63, 3.8) is 0 Å². The van der Waals surface area contributed by atoms with Crippen molar-refractivity contribution in [1.29, 1.82) is 0 Å². The predicted molar refractivity (Wildman–Crippen MR) is 91.7 cm³/mol. The second-order valence-electron chi connectivity index (χ2n) is 7.39. The topological polar surface area (TPSA) is 21.3 Å². The molecule has 1 aromatic rings. The lowest BCUT2D eigenvalue weighted by Gasteiger charge is -2.38. The largest absolute Gasteiger partial charge is 0.373 e. The van der Waals surface area contributed by atoms with Crippen molar-refractivity contribution in [1.82, 2.24) is 5.32 Å². The minimum absolute atomic E-state index is 0.438. The average Bonchev–Trinajstić information content (AvgIpc) is 2.82. The van der Waals surface area contributed by atoms with E-state index in [1.807, 2.05) is 11.3 Å². The van der Waals surface area contributed by atoms with E-state index in [4.69, 9.17) is 4.74 Å². The highest BCUT2D eigenvalue weighted by atomic mass is 32.1. The maximum absolute atomic E-state index is 6.20. The van der Waals surface area contributed by atoms with Crippen LogP contribution in [0, 0.1) is 11.3 Å². The Labute approximate surface area is 134 Å². The quantitative estimate of drug-likeness (QED) is 0.717. The molecular weight excluding hydrogens is 278 g/mol. The Morgan fingerprint density at radius 1 is 1.29 bits per heavy atom. The monoisotopic (exact) mass is 309 g/mol. The van der Waals surface area contributed by atoms with Crippen LogP contribution >= 0.6 is 11.3 Å². The molecule has 1 aromatic heterocycles. The van der Waals surface area contributed by atoms with Crippen molar-refractivity contribution in [3.8, 4) is 0 Å². The Morgan fingerprint density at radius 3 is 2.76 bits per heavy atom. The molecule has 21 heavy (non-hydrogen) atoms. The molecule has 0 amide bonds. The van der Waals surface area contributed by atoms with E-state index >= 15 is 0 Å². The smallest absolute Gasteiger partial charge is 0.0813 e. The average molecular weight is 310 g/mol. The van der Waals surface area contributed by atoms with E-state index in [1.165, 1.54) is 35.4 Å². The molecule has 1 fully saturated rings. The van der Waals surface area contributed by atoms with E-state index in [0.717, 1.165) is 25.6 Å². The molecule has 120 valence electrons. The molecule has 2 rings (SSSR count). The molecule has 1 heterocycles. The summed E-state index contributed by atoms with van der Waals surface area (Å²) in [6.45, 7) is 12.2. The first-order valence-electron chi connectivity index (χ1n) is 8.38. The van der Waals surface area contributed by atoms with Gasteiger partial charge in [-0.25, -0.2) is 0 Å². The molecular formula is C18H31NOS. The number of hydrogen-bond donors (Lipinski definition) is 1. The van der Waals surface area contributed by atoms with E-state index in [1.54, 1.807) is 0 Å². The van der Waals surface area contributed by atoms with Crippen LogP contribution in [0.3, 0.4) is 0 Å². The van der Waals surface area contributed by atoms with Crippen molar-refractivity contribution >= 4 is 11.3 Å². The lowest BCUT2D eigenvalue weighted by atomic mass is 9.71. The molecule has 0 radical (unpaired) electrons. The van der Waals surface area contributed by atoms with Gasteiger partial charge >= 0.3 is 0 Å². The molecule has 0 aromatic carbocycles. The molecule has 1 saturated carbocycles. The molecule has 2 atom stereocenters. The summed E-state index contributed by atoms with van der Waals surface area (Å²) in [5.74, 6) is 0.788. The summed E-state index contributed by atoms with van der Waals surface area (Å²) in [4.78, 5) is 2.78. The lowest BCUT2D eigenvalue weighted by Crippen LogP contribution is -2.32. The Bertz CT molecular complexity index is 427. The molecule has 2 nitrogen and oxygen atoms in total. The van der Waals surface area contributed by atoms with Gasteiger partial charge in [-0.15, -0.1) is 11.3 Å². The predicted octanol–water partition coefficient (Wildman–Crippen LogP) is 4.98. The van der Waals surface area contributed by atoms with Crippen molar-refractivity contribution in [3.05, 3.63) is 21.9 Å². The van der Waals surface area contributed by atoms with Gasteiger partial charge in [0.15, 0.2) is 0 Å². The van der Waals surface area contributed by atoms with E-state index in [0.29, 0.717) is 11.5 Å². The molecule has 0 aliphatic heterocycles. The van der Waals surface area contributed by atoms with Crippen LogP contribution in [0.15, 0.2) is 12.1 Å². The minimum Gasteiger partial charge on any atom is -0.373 e. The van der Waals surface area contributed by atoms with Gasteiger partial charge in [-0.1, -0.05) is 27.7 Å². The fourth-order valence-corrected chi connectivity index (χ4v) is 4.48. The second kappa shape index (κ2) is 7.75. The minimum atomic E-state index is 0.438. The Morgan fingerprint density at radius 2 is 2.05 bits per heavy atom. The maximum atomic E-state index is 6.20. The highest BCUT2D eigenvalue weighted by Gasteiger charge is 2.32. The van der Waals surface area contributed by atoms with Crippen molar-refractivity contribution < 1.29 is 4.74 Å². The molecule has 1 aliphatic carbocycles. The van der Waals surface area contributed by atoms with Gasteiger partial charge in [0, 0.05) is 16.3 Å². The van der Waals surface area contributed by atoms with Crippen molar-refractivity contribution in [2.24, 2.45) is 11.3 Å². The number of nitrogens with one attached hydrogen (secondary N) is 1. The van der Waals surface area contributed by atoms with Crippen LogP contribution in [0.4, 0.5) is 0 Å². The normalized spacial score (nSPS) is 25.1. The summed E-state index contributed by atoms with van der Waals surface area (Å²) in [5.41, 5.74) is 0.438. The molecule has 1 aliphatic rings. The standard InChI is InChI=1S/C18H31NOS/c1-5-8-19-12-16-6-7-17(21-16)13-20-15-9-14(2)10-18(3,4)11-15/h6-7,14-15,19H,5,8-13H2,1-4H3. The van der Waals surface area contributed by atoms with E-state index in [-0.39, 0.29) is 0 Å². The fourth-order valence-electron chi connectivity index (χ4n) is 3.57. The summed E-state index contributed by atoms with van der Waals surface area (Å²) >= 11 is 1.89. The molecule has 0 spiro atoms. The third kappa shape index (κ3) is 5.72. The SMILES string of the molecule is CCCNCc1ccc(COC2CC(C)CC(C)(C)C2)s1. The van der Waals surface area contributed by atoms with Gasteiger partial charge in [0.05, 0.1) is 12.7 Å². The molecule has 3 heteroatoms. The summed E-state index contributed by atoms with van der Waals surface area (Å²) in [6.07, 6.45) is 5.39. The summed E-state index contributed by atoms with van der Waals surface area (Å²) in [6, 6.07) is 4.46. The summed E-state index contributed by atoms with van der Waals surface area (Å²) < 4.78 is 6.20. The van der Waals surface area contributed by atoms with Crippen molar-refractivity contribution in [2.75, 3.05) is 6.54 Å². The maximum Gasteiger partial charge on any atom is 0.0813 e. The lowest BCUT2D eigenvalue weighted by molar-refractivity contribution is -0.0306. The number of ether oxygens (including phenoxy) is 1. The van der Waals surface area contributed by atoms with E-state index in [2.05, 4.69) is 45.1 Å². The van der Waals surface area contributed by atoms with Gasteiger partial charge in [0.2, 0.25) is 0 Å². The van der Waals surface area contributed by atoms with Gasteiger partial charge < -0.3 is 10.1 Å². The molecule has 0 bridgehead atoms. The van der Waals surface area contributed by atoms with Crippen LogP contribution in [0.1, 0.15) is 63.1 Å². The first-order valence-corrected chi connectivity index (χ1v) is 9.20. The van der Waals surface area contributed by atoms with Crippen LogP contribution in [0.25, 0.3) is 0 Å². The number of rotatable bonds is 7. The third-order valence-corrected chi connectivity index (χ3v) is 5.31. The number of hydrogen-bond acceptors (Lipinski definition) is 3. The van der Waals surface area contributed by atoms with Crippen LogP contribution in [0.2, 0.25) is 0 Å².